The average Bonchev–Trinajstić information content (AvgIpc) is 2.55. The Kier molecular flexibility index (Phi) is 7.30. The Morgan fingerprint density at radius 1 is 0.917 bits per heavy atom. The molecule has 0 saturated heterocycles. The van der Waals surface area contributed by atoms with Crippen molar-refractivity contribution in [3.63, 3.8) is 0 Å². The summed E-state index contributed by atoms with van der Waals surface area (Å²) in [6, 6.07) is 5.26. The standard InChI is InChI=1S/C20H32O3S/c1-3-5-6-7-8-10-17-12-11-16(9-4-2)19-14-13-18(15-20(17)19)24(21,22)23/h13-17H,3-12H2,1-2H3,(H,21,22,23). The smallest absolute Gasteiger partial charge is 0.282 e. The Hall–Kier alpha value is -0.870. The highest BCUT2D eigenvalue weighted by molar-refractivity contribution is 7.85. The van der Waals surface area contributed by atoms with Gasteiger partial charge in [-0.3, -0.25) is 4.55 Å². The lowest BCUT2D eigenvalue weighted by atomic mass is 9.73. The van der Waals surface area contributed by atoms with Crippen LogP contribution in [0.4, 0.5) is 0 Å². The summed E-state index contributed by atoms with van der Waals surface area (Å²) in [4.78, 5) is 0.0504. The van der Waals surface area contributed by atoms with E-state index >= 15 is 0 Å². The lowest BCUT2D eigenvalue weighted by molar-refractivity contribution is 0.428. The highest BCUT2D eigenvalue weighted by atomic mass is 32.2. The first kappa shape index (κ1) is 19.5. The summed E-state index contributed by atoms with van der Waals surface area (Å²) in [5.74, 6) is 0.980. The monoisotopic (exact) mass is 352 g/mol. The van der Waals surface area contributed by atoms with Crippen molar-refractivity contribution in [2.75, 3.05) is 0 Å². The van der Waals surface area contributed by atoms with Gasteiger partial charge < -0.3 is 0 Å². The van der Waals surface area contributed by atoms with Crippen molar-refractivity contribution >= 4 is 10.1 Å². The maximum Gasteiger partial charge on any atom is 0.294 e. The summed E-state index contributed by atoms with van der Waals surface area (Å²) < 4.78 is 32.4. The van der Waals surface area contributed by atoms with Crippen molar-refractivity contribution < 1.29 is 13.0 Å². The van der Waals surface area contributed by atoms with E-state index in [2.05, 4.69) is 13.8 Å². The van der Waals surface area contributed by atoms with Gasteiger partial charge in [-0.2, -0.15) is 8.42 Å². The number of unbranched alkanes of at least 4 members (excludes halogenated alkanes) is 4. The Morgan fingerprint density at radius 2 is 1.58 bits per heavy atom. The van der Waals surface area contributed by atoms with E-state index in [-0.39, 0.29) is 4.90 Å². The van der Waals surface area contributed by atoms with Crippen LogP contribution in [0.25, 0.3) is 0 Å². The zero-order valence-electron chi connectivity index (χ0n) is 15.1. The quantitative estimate of drug-likeness (QED) is 0.434. The van der Waals surface area contributed by atoms with Crippen molar-refractivity contribution in [2.45, 2.75) is 94.8 Å². The third kappa shape index (κ3) is 5.06. The van der Waals surface area contributed by atoms with Crippen LogP contribution in [0.15, 0.2) is 23.1 Å². The molecule has 0 bridgehead atoms. The third-order valence-electron chi connectivity index (χ3n) is 5.39. The molecular formula is C20H32O3S. The normalized spacial score (nSPS) is 20.8. The molecule has 0 heterocycles. The van der Waals surface area contributed by atoms with Crippen molar-refractivity contribution in [3.05, 3.63) is 29.3 Å². The predicted octanol–water partition coefficient (Wildman–Crippen LogP) is 6.05. The highest BCUT2D eigenvalue weighted by Crippen LogP contribution is 2.43. The summed E-state index contributed by atoms with van der Waals surface area (Å²) in [6.07, 6.45) is 12.1. The molecule has 136 valence electrons. The van der Waals surface area contributed by atoms with E-state index in [1.807, 2.05) is 6.07 Å². The Balaban J connectivity index is 2.18. The fourth-order valence-corrected chi connectivity index (χ4v) is 4.61. The van der Waals surface area contributed by atoms with Crippen LogP contribution in [-0.4, -0.2) is 13.0 Å². The molecule has 1 aliphatic carbocycles. The summed E-state index contributed by atoms with van der Waals surface area (Å²) >= 11 is 0. The van der Waals surface area contributed by atoms with Gasteiger partial charge in [0, 0.05) is 0 Å². The van der Waals surface area contributed by atoms with E-state index in [9.17, 15) is 13.0 Å². The molecule has 0 spiro atoms. The minimum Gasteiger partial charge on any atom is -0.282 e. The van der Waals surface area contributed by atoms with Crippen molar-refractivity contribution in [1.29, 1.82) is 0 Å². The van der Waals surface area contributed by atoms with Crippen LogP contribution in [0.3, 0.4) is 0 Å². The number of rotatable bonds is 9. The Bertz CT molecular complexity index is 622. The summed E-state index contributed by atoms with van der Waals surface area (Å²) in [5.41, 5.74) is 2.49. The molecule has 0 radical (unpaired) electrons. The molecule has 1 aromatic carbocycles. The van der Waals surface area contributed by atoms with Gasteiger partial charge in [0.1, 0.15) is 0 Å². The van der Waals surface area contributed by atoms with Crippen molar-refractivity contribution in [3.8, 4) is 0 Å². The maximum atomic E-state index is 11.5. The maximum absolute atomic E-state index is 11.5. The lowest BCUT2D eigenvalue weighted by Gasteiger charge is -2.32. The van der Waals surface area contributed by atoms with Gasteiger partial charge in [-0.05, 0) is 60.8 Å². The number of fused-ring (bicyclic) bond motifs is 1. The molecule has 1 N–H and O–H groups in total. The predicted molar refractivity (Wildman–Crippen MR) is 99.3 cm³/mol. The van der Waals surface area contributed by atoms with Crippen LogP contribution in [0.1, 0.15) is 101 Å². The highest BCUT2D eigenvalue weighted by Gasteiger charge is 2.28. The molecule has 2 unspecified atom stereocenters. The third-order valence-corrected chi connectivity index (χ3v) is 6.24. The van der Waals surface area contributed by atoms with Crippen molar-refractivity contribution in [1.82, 2.24) is 0 Å². The van der Waals surface area contributed by atoms with Gasteiger partial charge in [0.25, 0.3) is 10.1 Å². The van der Waals surface area contributed by atoms with Crippen LogP contribution in [0.2, 0.25) is 0 Å². The lowest BCUT2D eigenvalue weighted by Crippen LogP contribution is -2.16. The number of benzene rings is 1. The van der Waals surface area contributed by atoms with Crippen molar-refractivity contribution in [2.24, 2.45) is 0 Å². The first-order valence-electron chi connectivity index (χ1n) is 9.58. The van der Waals surface area contributed by atoms with Crippen LogP contribution >= 0.6 is 0 Å². The second-order valence-corrected chi connectivity index (χ2v) is 8.65. The largest absolute Gasteiger partial charge is 0.294 e. The minimum atomic E-state index is -4.12. The van der Waals surface area contributed by atoms with E-state index in [4.69, 9.17) is 0 Å². The van der Waals surface area contributed by atoms with E-state index in [0.29, 0.717) is 11.8 Å². The molecule has 24 heavy (non-hydrogen) atoms. The summed E-state index contributed by atoms with van der Waals surface area (Å²) in [5, 5.41) is 0. The molecule has 2 atom stereocenters. The van der Waals surface area contributed by atoms with Crippen LogP contribution in [0.5, 0.6) is 0 Å². The van der Waals surface area contributed by atoms with Gasteiger partial charge in [0.2, 0.25) is 0 Å². The molecule has 1 aromatic rings. The zero-order chi connectivity index (χ0) is 17.6. The number of hydrogen-bond donors (Lipinski definition) is 1. The molecule has 0 fully saturated rings. The second-order valence-electron chi connectivity index (χ2n) is 7.23. The molecule has 0 saturated carbocycles. The molecule has 4 heteroatoms. The van der Waals surface area contributed by atoms with Gasteiger partial charge in [-0.15, -0.1) is 0 Å². The fourth-order valence-electron chi connectivity index (χ4n) is 4.09. The molecule has 0 aromatic heterocycles. The van der Waals surface area contributed by atoms with Crippen LogP contribution in [-0.2, 0) is 10.1 Å². The zero-order valence-corrected chi connectivity index (χ0v) is 15.9. The van der Waals surface area contributed by atoms with E-state index in [1.165, 1.54) is 49.7 Å². The Morgan fingerprint density at radius 3 is 2.21 bits per heavy atom. The SMILES string of the molecule is CCCCCCCC1CCC(CCC)c2ccc(S(=O)(=O)O)cc21. The summed E-state index contributed by atoms with van der Waals surface area (Å²) in [7, 11) is -4.12. The summed E-state index contributed by atoms with van der Waals surface area (Å²) in [6.45, 7) is 4.42. The van der Waals surface area contributed by atoms with Gasteiger partial charge in [-0.25, -0.2) is 0 Å². The fraction of sp³-hybridized carbons (Fsp3) is 0.700. The molecule has 2 rings (SSSR count). The van der Waals surface area contributed by atoms with Gasteiger partial charge in [0.15, 0.2) is 0 Å². The molecule has 0 amide bonds. The first-order valence-corrected chi connectivity index (χ1v) is 11.0. The second kappa shape index (κ2) is 9.00. The van der Waals surface area contributed by atoms with Crippen LogP contribution < -0.4 is 0 Å². The van der Waals surface area contributed by atoms with Crippen LogP contribution in [0, 0.1) is 0 Å². The van der Waals surface area contributed by atoms with E-state index in [0.717, 1.165) is 25.7 Å². The van der Waals surface area contributed by atoms with E-state index < -0.39 is 10.1 Å². The number of hydrogen-bond acceptors (Lipinski definition) is 2. The molecular weight excluding hydrogens is 320 g/mol. The van der Waals surface area contributed by atoms with Gasteiger partial charge in [0.05, 0.1) is 4.90 Å². The van der Waals surface area contributed by atoms with Gasteiger partial charge in [-0.1, -0.05) is 58.4 Å². The molecule has 1 aliphatic rings. The minimum absolute atomic E-state index is 0.0504. The molecule has 3 nitrogen and oxygen atoms in total. The van der Waals surface area contributed by atoms with E-state index in [1.54, 1.807) is 12.1 Å². The average molecular weight is 353 g/mol. The first-order chi connectivity index (χ1) is 11.5. The molecule has 0 aliphatic heterocycles. The Labute approximate surface area is 147 Å². The van der Waals surface area contributed by atoms with Gasteiger partial charge >= 0.3 is 0 Å². The topological polar surface area (TPSA) is 54.4 Å².